The van der Waals surface area contributed by atoms with Crippen LogP contribution >= 0.6 is 11.8 Å². The van der Waals surface area contributed by atoms with Crippen LogP contribution in [0.25, 0.3) is 10.9 Å². The van der Waals surface area contributed by atoms with Crippen LogP contribution in [0.4, 0.5) is 16.3 Å². The first kappa shape index (κ1) is 17.3. The third-order valence-electron chi connectivity index (χ3n) is 4.10. The van der Waals surface area contributed by atoms with E-state index in [0.29, 0.717) is 24.1 Å². The largest absolute Gasteiger partial charge is 0.340 e. The van der Waals surface area contributed by atoms with Crippen molar-refractivity contribution in [2.45, 2.75) is 5.16 Å². The van der Waals surface area contributed by atoms with Crippen molar-refractivity contribution in [3.63, 3.8) is 0 Å². The van der Waals surface area contributed by atoms with Crippen LogP contribution in [0.2, 0.25) is 0 Å². The van der Waals surface area contributed by atoms with Gasteiger partial charge in [-0.1, -0.05) is 42.1 Å². The summed E-state index contributed by atoms with van der Waals surface area (Å²) < 4.78 is 0. The summed E-state index contributed by atoms with van der Waals surface area (Å²) in [6, 6.07) is 17.1. The number of nitrogens with zero attached hydrogens (tertiary/aromatic N) is 3. The molecule has 0 spiro atoms. The number of fused-ring (bicyclic) bond motifs is 1. The zero-order valence-corrected chi connectivity index (χ0v) is 15.2. The number of thioether (sulfide) groups is 1. The van der Waals surface area contributed by atoms with Crippen LogP contribution < -0.4 is 10.6 Å². The highest BCUT2D eigenvalue weighted by Gasteiger charge is 2.26. The monoisotopic (exact) mass is 379 g/mol. The maximum atomic E-state index is 12.2. The number of hydrogen-bond donors (Lipinski definition) is 2. The van der Waals surface area contributed by atoms with Gasteiger partial charge in [-0.15, -0.1) is 0 Å². The van der Waals surface area contributed by atoms with Crippen LogP contribution in [0.15, 0.2) is 59.8 Å². The fraction of sp³-hybridized carbons (Fsp3) is 0.158. The van der Waals surface area contributed by atoms with Crippen LogP contribution in [-0.2, 0) is 4.79 Å². The van der Waals surface area contributed by atoms with E-state index in [0.717, 1.165) is 16.6 Å². The molecule has 0 bridgehead atoms. The molecule has 0 radical (unpaired) electrons. The second kappa shape index (κ2) is 7.63. The summed E-state index contributed by atoms with van der Waals surface area (Å²) in [4.78, 5) is 34.2. The first-order valence-corrected chi connectivity index (χ1v) is 9.49. The van der Waals surface area contributed by atoms with E-state index in [4.69, 9.17) is 0 Å². The summed E-state index contributed by atoms with van der Waals surface area (Å²) in [5.74, 6) is 0.543. The average Bonchev–Trinajstić information content (AvgIpc) is 3.13. The molecule has 2 aromatic carbocycles. The number of aromatic nitrogens is 2. The molecular formula is C19H17N5O2S. The zero-order chi connectivity index (χ0) is 18.6. The van der Waals surface area contributed by atoms with Gasteiger partial charge in [0.25, 0.3) is 0 Å². The average molecular weight is 379 g/mol. The first-order valence-electron chi connectivity index (χ1n) is 8.50. The molecule has 3 aromatic rings. The SMILES string of the molecule is O=C(CSc1nc(Nc2ccccc2)c2ccccc2n1)N1CCNC1=O. The Kier molecular flexibility index (Phi) is 4.88. The van der Waals surface area contributed by atoms with E-state index in [9.17, 15) is 9.59 Å². The quantitative estimate of drug-likeness (QED) is 0.523. The Morgan fingerprint density at radius 1 is 1.11 bits per heavy atom. The summed E-state index contributed by atoms with van der Waals surface area (Å²) in [5, 5.41) is 7.32. The van der Waals surface area contributed by atoms with Gasteiger partial charge in [-0.25, -0.2) is 14.8 Å². The van der Waals surface area contributed by atoms with Crippen LogP contribution in [-0.4, -0.2) is 45.6 Å². The number of carbonyl (C=O) groups excluding carboxylic acids is 2. The maximum absolute atomic E-state index is 12.2. The number of anilines is 2. The molecule has 1 aliphatic rings. The molecule has 3 amide bonds. The third kappa shape index (κ3) is 3.85. The van der Waals surface area contributed by atoms with Gasteiger partial charge in [-0.2, -0.15) is 0 Å². The summed E-state index contributed by atoms with van der Waals surface area (Å²) in [6.45, 7) is 0.893. The number of amides is 3. The van der Waals surface area contributed by atoms with Crippen molar-refractivity contribution in [1.29, 1.82) is 0 Å². The number of benzene rings is 2. The molecule has 27 heavy (non-hydrogen) atoms. The van der Waals surface area contributed by atoms with Gasteiger partial charge in [0.2, 0.25) is 5.91 Å². The lowest BCUT2D eigenvalue weighted by Crippen LogP contribution is -2.35. The van der Waals surface area contributed by atoms with Crippen molar-refractivity contribution < 1.29 is 9.59 Å². The zero-order valence-electron chi connectivity index (χ0n) is 14.4. The highest BCUT2D eigenvalue weighted by Crippen LogP contribution is 2.27. The van der Waals surface area contributed by atoms with E-state index in [2.05, 4.69) is 20.6 Å². The number of hydrogen-bond acceptors (Lipinski definition) is 6. The Hall–Kier alpha value is -3.13. The molecule has 1 fully saturated rings. The number of carbonyl (C=O) groups is 2. The molecule has 7 nitrogen and oxygen atoms in total. The third-order valence-corrected chi connectivity index (χ3v) is 4.93. The number of urea groups is 1. The lowest BCUT2D eigenvalue weighted by atomic mass is 10.2. The molecule has 2 heterocycles. The Labute approximate surface area is 160 Å². The maximum Gasteiger partial charge on any atom is 0.324 e. The molecule has 136 valence electrons. The minimum Gasteiger partial charge on any atom is -0.340 e. The number of rotatable bonds is 5. The number of nitrogens with one attached hydrogen (secondary N) is 2. The summed E-state index contributed by atoms with van der Waals surface area (Å²) in [6.07, 6.45) is 0. The fourth-order valence-electron chi connectivity index (χ4n) is 2.79. The van der Waals surface area contributed by atoms with Gasteiger partial charge in [-0.05, 0) is 24.3 Å². The van der Waals surface area contributed by atoms with Crippen LogP contribution in [0.3, 0.4) is 0 Å². The minimum absolute atomic E-state index is 0.108. The highest BCUT2D eigenvalue weighted by molar-refractivity contribution is 7.99. The van der Waals surface area contributed by atoms with Gasteiger partial charge in [0.05, 0.1) is 11.3 Å². The van der Waals surface area contributed by atoms with Crippen LogP contribution in [0.5, 0.6) is 0 Å². The van der Waals surface area contributed by atoms with Gasteiger partial charge in [0, 0.05) is 24.2 Å². The molecule has 0 atom stereocenters. The lowest BCUT2D eigenvalue weighted by Gasteiger charge is -2.12. The molecule has 1 saturated heterocycles. The van der Waals surface area contributed by atoms with Crippen molar-refractivity contribution in [2.75, 3.05) is 24.2 Å². The second-order valence-corrected chi connectivity index (χ2v) is 6.87. The van der Waals surface area contributed by atoms with Gasteiger partial charge >= 0.3 is 6.03 Å². The van der Waals surface area contributed by atoms with E-state index >= 15 is 0 Å². The molecule has 2 N–H and O–H groups in total. The van der Waals surface area contributed by atoms with Gasteiger partial charge in [-0.3, -0.25) is 9.69 Å². The predicted octanol–water partition coefficient (Wildman–Crippen LogP) is 3.02. The van der Waals surface area contributed by atoms with Crippen LogP contribution in [0, 0.1) is 0 Å². The Balaban J connectivity index is 1.57. The van der Waals surface area contributed by atoms with Gasteiger partial charge < -0.3 is 10.6 Å². The van der Waals surface area contributed by atoms with Crippen molar-refractivity contribution >= 4 is 46.1 Å². The normalized spacial score (nSPS) is 13.6. The molecule has 0 aliphatic carbocycles. The van der Waals surface area contributed by atoms with Crippen molar-refractivity contribution in [3.8, 4) is 0 Å². The molecule has 0 unspecified atom stereocenters. The van der Waals surface area contributed by atoms with E-state index in [1.165, 1.54) is 16.7 Å². The fourth-order valence-corrected chi connectivity index (χ4v) is 3.51. The summed E-state index contributed by atoms with van der Waals surface area (Å²) in [7, 11) is 0. The lowest BCUT2D eigenvalue weighted by molar-refractivity contribution is -0.124. The van der Waals surface area contributed by atoms with E-state index in [1.54, 1.807) is 0 Å². The Morgan fingerprint density at radius 3 is 2.67 bits per heavy atom. The number of para-hydroxylation sites is 2. The van der Waals surface area contributed by atoms with Crippen molar-refractivity contribution in [2.24, 2.45) is 0 Å². The van der Waals surface area contributed by atoms with Crippen molar-refractivity contribution in [1.82, 2.24) is 20.2 Å². The first-order chi connectivity index (χ1) is 13.2. The molecule has 8 heteroatoms. The van der Waals surface area contributed by atoms with E-state index < -0.39 is 0 Å². The van der Waals surface area contributed by atoms with E-state index in [1.807, 2.05) is 54.6 Å². The Bertz CT molecular complexity index is 996. The predicted molar refractivity (Wildman–Crippen MR) is 105 cm³/mol. The highest BCUT2D eigenvalue weighted by atomic mass is 32.2. The molecule has 1 aromatic heterocycles. The minimum atomic E-state index is -0.341. The van der Waals surface area contributed by atoms with Gasteiger partial charge in [0.1, 0.15) is 5.82 Å². The van der Waals surface area contributed by atoms with Crippen LogP contribution in [0.1, 0.15) is 0 Å². The smallest absolute Gasteiger partial charge is 0.324 e. The molecule has 4 rings (SSSR count). The standard InChI is InChI=1S/C19H17N5O2S/c25-16(24-11-10-20-19(24)26)12-27-18-22-15-9-5-4-8-14(15)17(23-18)21-13-6-2-1-3-7-13/h1-9H,10-12H2,(H,20,26)(H,21,22,23). The molecule has 1 aliphatic heterocycles. The number of imide groups is 1. The second-order valence-electron chi connectivity index (χ2n) is 5.93. The van der Waals surface area contributed by atoms with Gasteiger partial charge in [0.15, 0.2) is 5.16 Å². The Morgan fingerprint density at radius 2 is 1.89 bits per heavy atom. The van der Waals surface area contributed by atoms with E-state index in [-0.39, 0.29) is 17.7 Å². The molecule has 0 saturated carbocycles. The topological polar surface area (TPSA) is 87.2 Å². The summed E-state index contributed by atoms with van der Waals surface area (Å²) >= 11 is 1.22. The van der Waals surface area contributed by atoms with Crippen molar-refractivity contribution in [3.05, 3.63) is 54.6 Å². The molecular weight excluding hydrogens is 362 g/mol. The summed E-state index contributed by atoms with van der Waals surface area (Å²) in [5.41, 5.74) is 1.71.